The van der Waals surface area contributed by atoms with E-state index in [-0.39, 0.29) is 0 Å². The molecule has 0 heterocycles. The maximum atomic E-state index is 11.8. The first-order chi connectivity index (χ1) is 8.79. The van der Waals surface area contributed by atoms with Gasteiger partial charge in [0.1, 0.15) is 0 Å². The predicted octanol–water partition coefficient (Wildman–Crippen LogP) is 3.55. The lowest BCUT2D eigenvalue weighted by molar-refractivity contribution is -0.130. The van der Waals surface area contributed by atoms with E-state index < -0.39 is 0 Å². The molecule has 0 aromatic heterocycles. The van der Waals surface area contributed by atoms with Gasteiger partial charge in [-0.05, 0) is 43.9 Å². The van der Waals surface area contributed by atoms with Gasteiger partial charge in [0.05, 0.1) is 0 Å². The van der Waals surface area contributed by atoms with Crippen LogP contribution in [0, 0.1) is 11.8 Å². The van der Waals surface area contributed by atoms with Crippen LogP contribution in [0.15, 0.2) is 24.3 Å². The number of rotatable bonds is 6. The van der Waals surface area contributed by atoms with Gasteiger partial charge >= 0.3 is 0 Å². The van der Waals surface area contributed by atoms with Crippen molar-refractivity contribution in [2.75, 3.05) is 13.1 Å². The third-order valence-electron chi connectivity index (χ3n) is 3.87. The van der Waals surface area contributed by atoms with Crippen LogP contribution in [0.3, 0.4) is 0 Å². The Bertz CT molecular complexity index is 328. The van der Waals surface area contributed by atoms with Crippen molar-refractivity contribution in [3.63, 3.8) is 0 Å². The molecule has 2 rings (SSSR count). The minimum Gasteiger partial charge on any atom is -0.339 e. The summed E-state index contributed by atoms with van der Waals surface area (Å²) in [7, 11) is 0. The molecule has 0 radical (unpaired) electrons. The molecule has 0 spiro atoms. The number of carbonyl (C=O) groups is 1. The van der Waals surface area contributed by atoms with Gasteiger partial charge in [-0.25, -0.2) is 0 Å². The van der Waals surface area contributed by atoms with Gasteiger partial charge in [0.25, 0.3) is 0 Å². The first kappa shape index (κ1) is 13.4. The van der Waals surface area contributed by atoms with Crippen LogP contribution in [0.2, 0.25) is 0 Å². The van der Waals surface area contributed by atoms with Crippen molar-refractivity contribution in [2.45, 2.75) is 45.4 Å². The van der Waals surface area contributed by atoms with Gasteiger partial charge in [-0.1, -0.05) is 31.2 Å². The first-order valence-corrected chi connectivity index (χ1v) is 7.39. The van der Waals surface area contributed by atoms with E-state index in [1.165, 1.54) is 32.1 Å². The molecule has 0 N–H and O–H groups in total. The highest BCUT2D eigenvalue weighted by Crippen LogP contribution is 2.29. The van der Waals surface area contributed by atoms with Crippen molar-refractivity contribution in [2.24, 2.45) is 11.8 Å². The average molecular weight is 247 g/mol. The zero-order valence-electron chi connectivity index (χ0n) is 11.5. The van der Waals surface area contributed by atoms with Crippen molar-refractivity contribution in [3.05, 3.63) is 24.3 Å². The molecule has 0 aromatic carbocycles. The zero-order valence-corrected chi connectivity index (χ0v) is 11.5. The van der Waals surface area contributed by atoms with E-state index in [1.54, 1.807) is 0 Å². The third kappa shape index (κ3) is 4.32. The van der Waals surface area contributed by atoms with Crippen LogP contribution in [0.5, 0.6) is 0 Å². The van der Waals surface area contributed by atoms with Gasteiger partial charge in [0.15, 0.2) is 0 Å². The molecule has 1 unspecified atom stereocenters. The number of hydrogen-bond donors (Lipinski definition) is 0. The summed E-state index contributed by atoms with van der Waals surface area (Å²) in [5.74, 6) is 1.77. The van der Waals surface area contributed by atoms with E-state index in [0.29, 0.717) is 18.2 Å². The van der Waals surface area contributed by atoms with E-state index >= 15 is 0 Å². The first-order valence-electron chi connectivity index (χ1n) is 7.39. The SMILES string of the molecule is CCC(=O)N(C/C=C/C1CC=CCC1)CC1CC1. The highest BCUT2D eigenvalue weighted by molar-refractivity contribution is 5.76. The van der Waals surface area contributed by atoms with Gasteiger partial charge in [-0.2, -0.15) is 0 Å². The van der Waals surface area contributed by atoms with E-state index in [9.17, 15) is 4.79 Å². The van der Waals surface area contributed by atoms with Crippen LogP contribution >= 0.6 is 0 Å². The molecule has 1 fully saturated rings. The molecule has 2 aliphatic carbocycles. The minimum absolute atomic E-state index is 0.301. The molecule has 0 saturated heterocycles. The topological polar surface area (TPSA) is 20.3 Å². The van der Waals surface area contributed by atoms with E-state index in [1.807, 2.05) is 11.8 Å². The summed E-state index contributed by atoms with van der Waals surface area (Å²) < 4.78 is 0. The molecule has 0 aromatic rings. The van der Waals surface area contributed by atoms with E-state index in [2.05, 4.69) is 24.3 Å². The molecule has 2 heteroatoms. The van der Waals surface area contributed by atoms with E-state index in [0.717, 1.165) is 19.0 Å². The standard InChI is InChI=1S/C16H25NO/c1-2-16(18)17(13-15-10-11-15)12-6-9-14-7-4-3-5-8-14/h3-4,6,9,14-15H,2,5,7-8,10-13H2,1H3/b9-6+. The maximum Gasteiger partial charge on any atom is 0.222 e. The molecule has 100 valence electrons. The second kappa shape index (κ2) is 6.77. The van der Waals surface area contributed by atoms with Gasteiger partial charge in [0.2, 0.25) is 5.91 Å². The van der Waals surface area contributed by atoms with Gasteiger partial charge in [-0.3, -0.25) is 4.79 Å². The Labute approximate surface area is 111 Å². The lowest BCUT2D eigenvalue weighted by atomic mass is 9.94. The molecule has 1 atom stereocenters. The Morgan fingerprint density at radius 2 is 2.17 bits per heavy atom. The predicted molar refractivity (Wildman–Crippen MR) is 75.2 cm³/mol. The third-order valence-corrected chi connectivity index (χ3v) is 3.87. The largest absolute Gasteiger partial charge is 0.339 e. The number of amides is 1. The summed E-state index contributed by atoms with van der Waals surface area (Å²) in [6.07, 6.45) is 15.9. The van der Waals surface area contributed by atoms with Crippen LogP contribution in [-0.4, -0.2) is 23.9 Å². The summed E-state index contributed by atoms with van der Waals surface area (Å²) >= 11 is 0. The van der Waals surface area contributed by atoms with Crippen LogP contribution in [0.4, 0.5) is 0 Å². The van der Waals surface area contributed by atoms with Gasteiger partial charge < -0.3 is 4.90 Å². The summed E-state index contributed by atoms with van der Waals surface area (Å²) in [4.78, 5) is 13.9. The van der Waals surface area contributed by atoms with Gasteiger partial charge in [-0.15, -0.1) is 0 Å². The van der Waals surface area contributed by atoms with Crippen molar-refractivity contribution < 1.29 is 4.79 Å². The quantitative estimate of drug-likeness (QED) is 0.657. The number of carbonyl (C=O) groups excluding carboxylic acids is 1. The Hall–Kier alpha value is -1.05. The van der Waals surface area contributed by atoms with Crippen molar-refractivity contribution in [1.29, 1.82) is 0 Å². The minimum atomic E-state index is 0.301. The Morgan fingerprint density at radius 3 is 2.78 bits per heavy atom. The fourth-order valence-electron chi connectivity index (χ4n) is 2.49. The van der Waals surface area contributed by atoms with Crippen LogP contribution in [-0.2, 0) is 4.79 Å². The summed E-state index contributed by atoms with van der Waals surface area (Å²) in [5, 5.41) is 0. The second-order valence-corrected chi connectivity index (χ2v) is 5.57. The van der Waals surface area contributed by atoms with Crippen molar-refractivity contribution in [3.8, 4) is 0 Å². The number of hydrogen-bond acceptors (Lipinski definition) is 1. The zero-order chi connectivity index (χ0) is 12.8. The Balaban J connectivity index is 1.78. The molecule has 2 nitrogen and oxygen atoms in total. The van der Waals surface area contributed by atoms with Crippen LogP contribution in [0.1, 0.15) is 45.4 Å². The summed E-state index contributed by atoms with van der Waals surface area (Å²) in [6, 6.07) is 0. The smallest absolute Gasteiger partial charge is 0.222 e. The van der Waals surface area contributed by atoms with E-state index in [4.69, 9.17) is 0 Å². The van der Waals surface area contributed by atoms with Crippen molar-refractivity contribution in [1.82, 2.24) is 4.90 Å². The number of allylic oxidation sites excluding steroid dienone is 3. The van der Waals surface area contributed by atoms with Crippen LogP contribution in [0.25, 0.3) is 0 Å². The number of nitrogens with zero attached hydrogens (tertiary/aromatic N) is 1. The lowest BCUT2D eigenvalue weighted by Crippen LogP contribution is -2.32. The normalized spacial score (nSPS) is 23.5. The highest BCUT2D eigenvalue weighted by Gasteiger charge is 2.25. The maximum absolute atomic E-state index is 11.8. The summed E-state index contributed by atoms with van der Waals surface area (Å²) in [6.45, 7) is 3.74. The second-order valence-electron chi connectivity index (χ2n) is 5.57. The molecular formula is C16H25NO. The molecule has 1 amide bonds. The molecular weight excluding hydrogens is 222 g/mol. The molecule has 0 bridgehead atoms. The fraction of sp³-hybridized carbons (Fsp3) is 0.688. The average Bonchev–Trinajstić information content (AvgIpc) is 3.22. The van der Waals surface area contributed by atoms with Crippen LogP contribution < -0.4 is 0 Å². The molecule has 0 aliphatic heterocycles. The fourth-order valence-corrected chi connectivity index (χ4v) is 2.49. The Morgan fingerprint density at radius 1 is 1.33 bits per heavy atom. The summed E-state index contributed by atoms with van der Waals surface area (Å²) in [5.41, 5.74) is 0. The molecule has 2 aliphatic rings. The monoisotopic (exact) mass is 247 g/mol. The van der Waals surface area contributed by atoms with Gasteiger partial charge in [0, 0.05) is 19.5 Å². The lowest BCUT2D eigenvalue weighted by Gasteiger charge is -2.21. The van der Waals surface area contributed by atoms with Crippen molar-refractivity contribution >= 4 is 5.91 Å². The highest BCUT2D eigenvalue weighted by atomic mass is 16.2. The molecule has 18 heavy (non-hydrogen) atoms. The Kier molecular flexibility index (Phi) is 5.03. The molecule has 1 saturated carbocycles.